The molecule has 0 aliphatic carbocycles. The summed E-state index contributed by atoms with van der Waals surface area (Å²) in [6, 6.07) is 19.7. The highest BCUT2D eigenvalue weighted by Crippen LogP contribution is 2.32. The van der Waals surface area contributed by atoms with Gasteiger partial charge in [0.05, 0.1) is 31.9 Å². The molecule has 1 heterocycles. The van der Waals surface area contributed by atoms with Crippen molar-refractivity contribution >= 4 is 23.4 Å². The molecule has 1 aliphatic heterocycles. The maximum absolute atomic E-state index is 13.4. The predicted octanol–water partition coefficient (Wildman–Crippen LogP) is 4.79. The second kappa shape index (κ2) is 11.4. The van der Waals surface area contributed by atoms with Gasteiger partial charge in [-0.1, -0.05) is 35.9 Å². The third-order valence-electron chi connectivity index (χ3n) is 6.51. The Bertz CT molecular complexity index is 1230. The average molecular weight is 509 g/mol. The van der Waals surface area contributed by atoms with Crippen LogP contribution in [-0.4, -0.2) is 57.2 Å². The SMILES string of the molecule is COc1ccc([C@H]2CN(C(=O)c3ccc(OC)c(OC)c3)CC[C@H]2NC(=O)c2ccccc2Cl)cc1. The topological polar surface area (TPSA) is 77.1 Å². The van der Waals surface area contributed by atoms with Gasteiger partial charge in [-0.25, -0.2) is 0 Å². The number of carbonyl (C=O) groups excluding carboxylic acids is 2. The van der Waals surface area contributed by atoms with Crippen molar-refractivity contribution in [3.05, 3.63) is 88.4 Å². The molecule has 2 amide bonds. The molecule has 1 saturated heterocycles. The third-order valence-corrected chi connectivity index (χ3v) is 6.84. The number of benzene rings is 3. The summed E-state index contributed by atoms with van der Waals surface area (Å²) in [5, 5.41) is 3.56. The number of amides is 2. The van der Waals surface area contributed by atoms with Crippen LogP contribution in [0.2, 0.25) is 5.02 Å². The van der Waals surface area contributed by atoms with Gasteiger partial charge >= 0.3 is 0 Å². The van der Waals surface area contributed by atoms with Gasteiger partial charge in [0.1, 0.15) is 5.75 Å². The van der Waals surface area contributed by atoms with Crippen LogP contribution in [0.15, 0.2) is 66.7 Å². The number of nitrogens with one attached hydrogen (secondary N) is 1. The Morgan fingerprint density at radius 1 is 0.917 bits per heavy atom. The van der Waals surface area contributed by atoms with Crippen LogP contribution in [0.5, 0.6) is 17.2 Å². The van der Waals surface area contributed by atoms with Gasteiger partial charge in [0.2, 0.25) is 0 Å². The molecule has 8 heteroatoms. The molecule has 1 N–H and O–H groups in total. The van der Waals surface area contributed by atoms with E-state index in [2.05, 4.69) is 5.32 Å². The van der Waals surface area contributed by atoms with Crippen molar-refractivity contribution in [1.82, 2.24) is 10.2 Å². The zero-order chi connectivity index (χ0) is 25.7. The number of hydrogen-bond donors (Lipinski definition) is 1. The average Bonchev–Trinajstić information content (AvgIpc) is 2.92. The molecule has 36 heavy (non-hydrogen) atoms. The Kier molecular flexibility index (Phi) is 8.00. The van der Waals surface area contributed by atoms with Crippen molar-refractivity contribution in [1.29, 1.82) is 0 Å². The number of methoxy groups -OCH3 is 3. The first-order chi connectivity index (χ1) is 17.4. The lowest BCUT2D eigenvalue weighted by atomic mass is 9.85. The molecule has 4 rings (SSSR count). The fourth-order valence-corrected chi connectivity index (χ4v) is 4.76. The van der Waals surface area contributed by atoms with Crippen LogP contribution in [0.1, 0.15) is 38.6 Å². The molecule has 0 unspecified atom stereocenters. The number of carbonyl (C=O) groups is 2. The van der Waals surface area contributed by atoms with E-state index in [1.165, 1.54) is 0 Å². The van der Waals surface area contributed by atoms with Crippen molar-refractivity contribution in [2.75, 3.05) is 34.4 Å². The van der Waals surface area contributed by atoms with E-state index in [9.17, 15) is 9.59 Å². The van der Waals surface area contributed by atoms with E-state index >= 15 is 0 Å². The van der Waals surface area contributed by atoms with E-state index in [1.807, 2.05) is 29.2 Å². The lowest BCUT2D eigenvalue weighted by molar-refractivity contribution is 0.0671. The van der Waals surface area contributed by atoms with E-state index < -0.39 is 0 Å². The number of ether oxygens (including phenoxy) is 3. The number of piperidine rings is 1. The van der Waals surface area contributed by atoms with E-state index in [1.54, 1.807) is 63.8 Å². The first kappa shape index (κ1) is 25.4. The van der Waals surface area contributed by atoms with Gasteiger partial charge in [-0.3, -0.25) is 9.59 Å². The van der Waals surface area contributed by atoms with Gasteiger partial charge in [0.25, 0.3) is 11.8 Å². The summed E-state index contributed by atoms with van der Waals surface area (Å²) >= 11 is 6.26. The monoisotopic (exact) mass is 508 g/mol. The molecule has 3 aromatic carbocycles. The molecule has 1 fully saturated rings. The Labute approximate surface area is 215 Å². The molecular weight excluding hydrogens is 480 g/mol. The summed E-state index contributed by atoms with van der Waals surface area (Å²) in [6.45, 7) is 0.931. The minimum Gasteiger partial charge on any atom is -0.497 e. The smallest absolute Gasteiger partial charge is 0.254 e. The molecular formula is C28H29ClN2O5. The predicted molar refractivity (Wildman–Crippen MR) is 139 cm³/mol. The van der Waals surface area contributed by atoms with Crippen molar-refractivity contribution in [3.63, 3.8) is 0 Å². The number of hydrogen-bond acceptors (Lipinski definition) is 5. The highest BCUT2D eigenvalue weighted by molar-refractivity contribution is 6.33. The summed E-state index contributed by atoms with van der Waals surface area (Å²) in [7, 11) is 4.71. The van der Waals surface area contributed by atoms with Crippen molar-refractivity contribution in [2.45, 2.75) is 18.4 Å². The fourth-order valence-electron chi connectivity index (χ4n) is 4.54. The zero-order valence-electron chi connectivity index (χ0n) is 20.5. The lowest BCUT2D eigenvalue weighted by Crippen LogP contribution is -2.51. The molecule has 7 nitrogen and oxygen atoms in total. The molecule has 0 bridgehead atoms. The second-order valence-electron chi connectivity index (χ2n) is 8.55. The Balaban J connectivity index is 1.59. The number of likely N-dealkylation sites (tertiary alicyclic amines) is 1. The summed E-state index contributed by atoms with van der Waals surface area (Å²) in [6.07, 6.45) is 0.589. The van der Waals surface area contributed by atoms with Gasteiger partial charge < -0.3 is 24.4 Å². The molecule has 2 atom stereocenters. The van der Waals surface area contributed by atoms with Gasteiger partial charge in [-0.2, -0.15) is 0 Å². The van der Waals surface area contributed by atoms with Crippen LogP contribution in [0.25, 0.3) is 0 Å². The maximum atomic E-state index is 13.4. The lowest BCUT2D eigenvalue weighted by Gasteiger charge is -2.39. The van der Waals surface area contributed by atoms with E-state index in [0.29, 0.717) is 47.2 Å². The summed E-state index contributed by atoms with van der Waals surface area (Å²) in [5.74, 6) is 1.34. The molecule has 0 spiro atoms. The van der Waals surface area contributed by atoms with E-state index in [-0.39, 0.29) is 23.8 Å². The Morgan fingerprint density at radius 3 is 2.31 bits per heavy atom. The van der Waals surface area contributed by atoms with Gasteiger partial charge in [0, 0.05) is 30.6 Å². The van der Waals surface area contributed by atoms with E-state index in [0.717, 1.165) is 11.3 Å². The molecule has 3 aromatic rings. The van der Waals surface area contributed by atoms with Gasteiger partial charge in [-0.15, -0.1) is 0 Å². The molecule has 188 valence electrons. The number of nitrogens with zero attached hydrogens (tertiary/aromatic N) is 1. The third kappa shape index (κ3) is 5.41. The van der Waals surface area contributed by atoms with Crippen LogP contribution < -0.4 is 19.5 Å². The Morgan fingerprint density at radius 2 is 1.64 bits per heavy atom. The number of rotatable bonds is 7. The fraction of sp³-hybridized carbons (Fsp3) is 0.286. The minimum absolute atomic E-state index is 0.106. The quantitative estimate of drug-likeness (QED) is 0.496. The largest absolute Gasteiger partial charge is 0.497 e. The van der Waals surface area contributed by atoms with Crippen LogP contribution in [0, 0.1) is 0 Å². The van der Waals surface area contributed by atoms with Crippen LogP contribution in [0.3, 0.4) is 0 Å². The summed E-state index contributed by atoms with van der Waals surface area (Å²) in [4.78, 5) is 28.3. The van der Waals surface area contributed by atoms with Crippen LogP contribution in [-0.2, 0) is 0 Å². The number of halogens is 1. The zero-order valence-corrected chi connectivity index (χ0v) is 21.2. The van der Waals surface area contributed by atoms with E-state index in [4.69, 9.17) is 25.8 Å². The van der Waals surface area contributed by atoms with Gasteiger partial charge in [-0.05, 0) is 54.4 Å². The standard InChI is InChI=1S/C28H29ClN2O5/c1-34-20-11-8-18(9-12-20)22-17-31(28(33)19-10-13-25(35-2)26(16-19)36-3)15-14-24(22)30-27(32)21-6-4-5-7-23(21)29/h4-13,16,22,24H,14-15,17H2,1-3H3,(H,30,32)/t22-,24-/m1/s1. The minimum atomic E-state index is -0.233. The molecule has 1 aliphatic rings. The molecule has 0 aromatic heterocycles. The molecule has 0 radical (unpaired) electrons. The van der Waals surface area contributed by atoms with Crippen molar-refractivity contribution < 1.29 is 23.8 Å². The highest BCUT2D eigenvalue weighted by atomic mass is 35.5. The van der Waals surface area contributed by atoms with Crippen LogP contribution >= 0.6 is 11.6 Å². The molecule has 0 saturated carbocycles. The normalized spacial score (nSPS) is 17.3. The second-order valence-corrected chi connectivity index (χ2v) is 8.96. The summed E-state index contributed by atoms with van der Waals surface area (Å²) < 4.78 is 16.0. The highest BCUT2D eigenvalue weighted by Gasteiger charge is 2.34. The van der Waals surface area contributed by atoms with Gasteiger partial charge in [0.15, 0.2) is 11.5 Å². The van der Waals surface area contributed by atoms with Crippen LogP contribution in [0.4, 0.5) is 0 Å². The first-order valence-corrected chi connectivity index (χ1v) is 12.0. The Hall–Kier alpha value is -3.71. The van der Waals surface area contributed by atoms with Crippen molar-refractivity contribution in [3.8, 4) is 17.2 Å². The summed E-state index contributed by atoms with van der Waals surface area (Å²) in [5.41, 5.74) is 1.95. The van der Waals surface area contributed by atoms with Crippen molar-refractivity contribution in [2.24, 2.45) is 0 Å². The maximum Gasteiger partial charge on any atom is 0.254 e. The first-order valence-electron chi connectivity index (χ1n) is 11.7.